The quantitative estimate of drug-likeness (QED) is 0.360. The Morgan fingerprint density at radius 2 is 1.35 bits per heavy atom. The van der Waals surface area contributed by atoms with Crippen molar-refractivity contribution < 1.29 is 4.59 Å². The van der Waals surface area contributed by atoms with Crippen LogP contribution in [-0.4, -0.2) is 26.4 Å². The minimum Gasteiger partial charge on any atom is -0.412 e. The van der Waals surface area contributed by atoms with Gasteiger partial charge in [0.15, 0.2) is 0 Å². The molecule has 0 saturated heterocycles. The van der Waals surface area contributed by atoms with Gasteiger partial charge in [-0.05, 0) is 0 Å². The molecule has 3 aliphatic heterocycles. The highest BCUT2D eigenvalue weighted by Crippen LogP contribution is 2.07. The third kappa shape index (κ3) is 1.69. The lowest BCUT2D eigenvalue weighted by molar-refractivity contribution is -0.611. The molecule has 3 aromatic rings. The van der Waals surface area contributed by atoms with E-state index in [1.807, 2.05) is 0 Å². The van der Waals surface area contributed by atoms with E-state index in [0.29, 0.717) is 13.7 Å². The smallest absolute Gasteiger partial charge is 0.288 e. The number of nitrogens with zero attached hydrogens (tertiary/aromatic N) is 2. The lowest BCUT2D eigenvalue weighted by atomic mass is 9.30. The molecule has 2 nitrogen and oxygen atoms in total. The van der Waals surface area contributed by atoms with Gasteiger partial charge >= 0.3 is 0 Å². The van der Waals surface area contributed by atoms with E-state index >= 15 is 0 Å². The molecule has 112 valence electrons. The van der Waals surface area contributed by atoms with E-state index < -0.39 is 8.07 Å². The first-order chi connectivity index (χ1) is 11.1. The van der Waals surface area contributed by atoms with Gasteiger partial charge in [0, 0.05) is 11.4 Å². The largest absolute Gasteiger partial charge is 0.412 e. The van der Waals surface area contributed by atoms with Crippen molar-refractivity contribution >= 4 is 48.8 Å². The van der Waals surface area contributed by atoms with Crippen LogP contribution < -0.4 is 31.6 Å². The van der Waals surface area contributed by atoms with Crippen molar-refractivity contribution in [3.8, 4) is 0 Å². The van der Waals surface area contributed by atoms with Crippen molar-refractivity contribution in [2.24, 2.45) is 0 Å². The summed E-state index contributed by atoms with van der Waals surface area (Å²) in [6.07, 6.45) is 4.82. The van der Waals surface area contributed by atoms with Gasteiger partial charge in [-0.2, -0.15) is 10.9 Å². The normalized spacial score (nSPS) is 16.1. The van der Waals surface area contributed by atoms with Gasteiger partial charge in [-0.1, -0.05) is 56.0 Å². The molecule has 2 aromatic carbocycles. The van der Waals surface area contributed by atoms with Crippen LogP contribution in [0.25, 0.3) is 0 Å². The zero-order valence-corrected chi connectivity index (χ0v) is 14.8. The lowest BCUT2D eigenvalue weighted by Crippen LogP contribution is -2.89. The molecule has 0 N–H and O–H groups in total. The van der Waals surface area contributed by atoms with E-state index in [9.17, 15) is 0 Å². The van der Waals surface area contributed by atoms with Crippen LogP contribution in [0.4, 0.5) is 0 Å². The van der Waals surface area contributed by atoms with Gasteiger partial charge in [-0.25, -0.2) is 10.9 Å². The summed E-state index contributed by atoms with van der Waals surface area (Å²) in [5, 5.41) is 1.54. The summed E-state index contributed by atoms with van der Waals surface area (Å²) in [6.45, 7) is 7.92. The third-order valence-electron chi connectivity index (χ3n) is 5.37. The molecule has 4 heterocycles. The van der Waals surface area contributed by atoms with Crippen molar-refractivity contribution in [2.75, 3.05) is 0 Å². The van der Waals surface area contributed by atoms with Crippen LogP contribution in [0.2, 0.25) is 19.6 Å². The Labute approximate surface area is 139 Å². The van der Waals surface area contributed by atoms with E-state index in [1.165, 1.54) is 27.0 Å². The zero-order chi connectivity index (χ0) is 15.8. The van der Waals surface area contributed by atoms with Crippen LogP contribution in [0, 0.1) is 0 Å². The Bertz CT molecular complexity index is 827. The first kappa shape index (κ1) is 13.4. The van der Waals surface area contributed by atoms with Crippen LogP contribution in [0.5, 0.6) is 0 Å². The Hall–Kier alpha value is -2.00. The van der Waals surface area contributed by atoms with Gasteiger partial charge in [-0.3, -0.25) is 0 Å². The van der Waals surface area contributed by atoms with E-state index in [-0.39, 0.29) is 0 Å². The predicted molar refractivity (Wildman–Crippen MR) is 101 cm³/mol. The fourth-order valence-corrected chi connectivity index (χ4v) is 5.22. The van der Waals surface area contributed by atoms with Crippen molar-refractivity contribution in [1.29, 1.82) is 0 Å². The molecule has 0 unspecified atom stereocenters. The Balaban J connectivity index is 1.84. The summed E-state index contributed by atoms with van der Waals surface area (Å²) in [6, 6.07) is 17.9. The number of aromatic nitrogens is 2. The standard InChI is InChI=1S/C18H19B2N2Si/c1-23(2,3)14-12-21-19-15-8-4-5-9-16(15)20(22(21)13-14)18-11-7-6-10-17(18)19/h4-13H,1-3H3/q-1. The first-order valence-corrected chi connectivity index (χ1v) is 11.9. The second-order valence-electron chi connectivity index (χ2n) is 7.79. The molecule has 0 spiro atoms. The first-order valence-electron chi connectivity index (χ1n) is 8.37. The number of hydrogen-bond donors (Lipinski definition) is 0. The molecule has 0 saturated carbocycles. The highest BCUT2D eigenvalue weighted by Gasteiger charge is 2.35. The summed E-state index contributed by atoms with van der Waals surface area (Å²) in [5.41, 5.74) is 5.87. The van der Waals surface area contributed by atoms with Gasteiger partial charge < -0.3 is 9.19 Å². The van der Waals surface area contributed by atoms with Crippen molar-refractivity contribution in [2.45, 2.75) is 19.6 Å². The third-order valence-corrected chi connectivity index (χ3v) is 7.37. The van der Waals surface area contributed by atoms with E-state index in [1.54, 1.807) is 0 Å². The summed E-state index contributed by atoms with van der Waals surface area (Å²) >= 11 is 0. The fourth-order valence-electron chi connectivity index (χ4n) is 4.18. The molecule has 1 aromatic heterocycles. The van der Waals surface area contributed by atoms with Crippen molar-refractivity contribution in [3.63, 3.8) is 0 Å². The summed E-state index contributed by atoms with van der Waals surface area (Å²) in [4.78, 5) is 0. The Morgan fingerprint density at radius 3 is 1.87 bits per heavy atom. The average Bonchev–Trinajstić information content (AvgIpc) is 3.00. The molecular weight excluding hydrogens is 294 g/mol. The van der Waals surface area contributed by atoms with Crippen LogP contribution in [0.1, 0.15) is 0 Å². The van der Waals surface area contributed by atoms with Gasteiger partial charge in [0.2, 0.25) is 0 Å². The molecule has 2 bridgehead atoms. The fraction of sp³-hybridized carbons (Fsp3) is 0.167. The molecule has 5 heteroatoms. The van der Waals surface area contributed by atoms with Gasteiger partial charge in [-0.15, -0.1) is 12.1 Å². The second kappa shape index (κ2) is 4.29. The Morgan fingerprint density at radius 1 is 0.826 bits per heavy atom. The number of rotatable bonds is 1. The van der Waals surface area contributed by atoms with Gasteiger partial charge in [0.1, 0.15) is 13.0 Å². The molecule has 3 aliphatic rings. The van der Waals surface area contributed by atoms with Crippen LogP contribution >= 0.6 is 0 Å². The summed E-state index contributed by atoms with van der Waals surface area (Å²) in [5.74, 6) is 0. The van der Waals surface area contributed by atoms with E-state index in [2.05, 4.69) is 89.8 Å². The SMILES string of the molecule is C[Si](C)(C)c1cn2[n+](c1)[B-]1c3ccccc3[B-]2c2ccccc21. The zero-order valence-electron chi connectivity index (χ0n) is 13.8. The second-order valence-corrected chi connectivity index (χ2v) is 12.9. The van der Waals surface area contributed by atoms with Crippen LogP contribution in [-0.2, 0) is 0 Å². The average molecular weight is 313 g/mol. The predicted octanol–water partition coefficient (Wildman–Crippen LogP) is -0.744. The minimum atomic E-state index is -1.33. The molecule has 0 fully saturated rings. The topological polar surface area (TPSA) is 8.81 Å². The molecule has 6 rings (SSSR count). The summed E-state index contributed by atoms with van der Waals surface area (Å²) < 4.78 is 4.95. The van der Waals surface area contributed by atoms with E-state index in [4.69, 9.17) is 0 Å². The van der Waals surface area contributed by atoms with Crippen molar-refractivity contribution in [1.82, 2.24) is 4.59 Å². The van der Waals surface area contributed by atoms with Crippen LogP contribution in [0.15, 0.2) is 60.9 Å². The maximum absolute atomic E-state index is 2.48. The monoisotopic (exact) mass is 313 g/mol. The van der Waals surface area contributed by atoms with E-state index in [0.717, 1.165) is 0 Å². The number of benzene rings is 2. The highest BCUT2D eigenvalue weighted by molar-refractivity contribution is 7.01. The van der Waals surface area contributed by atoms with Gasteiger partial charge in [0.05, 0.1) is 8.07 Å². The molecule has 0 aliphatic carbocycles. The number of hydrogen-bond acceptors (Lipinski definition) is 0. The Kier molecular flexibility index (Phi) is 2.51. The molecule has 2 radical (unpaired) electrons. The minimum absolute atomic E-state index is 0.317. The molecule has 0 atom stereocenters. The maximum atomic E-state index is 2.48. The lowest BCUT2D eigenvalue weighted by Gasteiger charge is -2.51. The molecule has 0 amide bonds. The van der Waals surface area contributed by atoms with Gasteiger partial charge in [0.25, 0.3) is 6.85 Å². The van der Waals surface area contributed by atoms with Crippen molar-refractivity contribution in [3.05, 3.63) is 60.9 Å². The highest BCUT2D eigenvalue weighted by atomic mass is 28.3. The van der Waals surface area contributed by atoms with Crippen LogP contribution in [0.3, 0.4) is 0 Å². The molecule has 23 heavy (non-hydrogen) atoms. The summed E-state index contributed by atoms with van der Waals surface area (Å²) in [7, 11) is -1.33. The maximum Gasteiger partial charge on any atom is 0.288 e. The molecular formula is C18H19B2N2Si-.